The summed E-state index contributed by atoms with van der Waals surface area (Å²) in [6, 6.07) is 0. The molecule has 0 aromatic carbocycles. The van der Waals surface area contributed by atoms with E-state index in [9.17, 15) is 14.7 Å². The minimum Gasteiger partial charge on any atom is -0.391 e. The maximum absolute atomic E-state index is 11.5. The van der Waals surface area contributed by atoms with E-state index < -0.39 is 6.10 Å². The number of nitrogens with one attached hydrogen (secondary N) is 2. The summed E-state index contributed by atoms with van der Waals surface area (Å²) in [5, 5.41) is 14.8. The smallest absolute Gasteiger partial charge is 0.223 e. The Morgan fingerprint density at radius 1 is 1.37 bits per heavy atom. The summed E-state index contributed by atoms with van der Waals surface area (Å²) < 4.78 is 4.78. The number of aliphatic hydroxyl groups is 1. The van der Waals surface area contributed by atoms with Crippen molar-refractivity contribution >= 4 is 11.8 Å². The predicted octanol–water partition coefficient (Wildman–Crippen LogP) is -0.338. The van der Waals surface area contributed by atoms with E-state index in [0.717, 1.165) is 6.42 Å². The van der Waals surface area contributed by atoms with E-state index in [1.54, 1.807) is 0 Å². The van der Waals surface area contributed by atoms with Crippen molar-refractivity contribution in [3.8, 4) is 0 Å². The number of carbonyl (C=O) groups is 2. The predicted molar refractivity (Wildman–Crippen MR) is 70.4 cm³/mol. The van der Waals surface area contributed by atoms with Gasteiger partial charge in [0, 0.05) is 32.5 Å². The molecule has 0 aromatic heterocycles. The third-order valence-electron chi connectivity index (χ3n) is 3.26. The summed E-state index contributed by atoms with van der Waals surface area (Å²) in [6.45, 7) is 3.10. The quantitative estimate of drug-likeness (QED) is 0.536. The van der Waals surface area contributed by atoms with Gasteiger partial charge in [-0.1, -0.05) is 6.92 Å². The zero-order chi connectivity index (χ0) is 14.3. The SMILES string of the molecule is COCC(O)CCNC(=O)CCNC(=O)C1CC1C. The van der Waals surface area contributed by atoms with Crippen molar-refractivity contribution in [2.45, 2.75) is 32.3 Å². The average Bonchev–Trinajstić information content (AvgIpc) is 3.07. The Kier molecular flexibility index (Phi) is 6.80. The van der Waals surface area contributed by atoms with Gasteiger partial charge in [-0.25, -0.2) is 0 Å². The first kappa shape index (κ1) is 15.9. The van der Waals surface area contributed by atoms with Crippen molar-refractivity contribution < 1.29 is 19.4 Å². The van der Waals surface area contributed by atoms with Gasteiger partial charge in [0.05, 0.1) is 12.7 Å². The van der Waals surface area contributed by atoms with E-state index in [-0.39, 0.29) is 30.8 Å². The molecule has 0 saturated heterocycles. The number of hydrogen-bond acceptors (Lipinski definition) is 4. The van der Waals surface area contributed by atoms with Crippen molar-refractivity contribution in [1.82, 2.24) is 10.6 Å². The Hall–Kier alpha value is -1.14. The van der Waals surface area contributed by atoms with Gasteiger partial charge in [0.1, 0.15) is 0 Å². The van der Waals surface area contributed by atoms with Crippen LogP contribution in [0.3, 0.4) is 0 Å². The lowest BCUT2D eigenvalue weighted by Crippen LogP contribution is -2.33. The molecule has 3 N–H and O–H groups in total. The van der Waals surface area contributed by atoms with Crippen LogP contribution in [0.25, 0.3) is 0 Å². The molecule has 110 valence electrons. The van der Waals surface area contributed by atoms with Gasteiger partial charge in [0.25, 0.3) is 0 Å². The van der Waals surface area contributed by atoms with Crippen LogP contribution in [0.2, 0.25) is 0 Å². The molecule has 2 amide bonds. The lowest BCUT2D eigenvalue weighted by molar-refractivity contribution is -0.123. The molecule has 0 spiro atoms. The third kappa shape index (κ3) is 6.54. The molecule has 6 nitrogen and oxygen atoms in total. The van der Waals surface area contributed by atoms with E-state index in [1.165, 1.54) is 7.11 Å². The van der Waals surface area contributed by atoms with E-state index in [0.29, 0.717) is 25.4 Å². The van der Waals surface area contributed by atoms with Crippen molar-refractivity contribution in [3.63, 3.8) is 0 Å². The first-order valence-corrected chi connectivity index (χ1v) is 6.76. The van der Waals surface area contributed by atoms with Crippen molar-refractivity contribution in [1.29, 1.82) is 0 Å². The number of carbonyl (C=O) groups excluding carboxylic acids is 2. The van der Waals surface area contributed by atoms with Gasteiger partial charge in [-0.15, -0.1) is 0 Å². The van der Waals surface area contributed by atoms with Crippen molar-refractivity contribution in [2.24, 2.45) is 11.8 Å². The fourth-order valence-electron chi connectivity index (χ4n) is 1.86. The van der Waals surface area contributed by atoms with Crippen LogP contribution < -0.4 is 10.6 Å². The molecule has 1 aliphatic carbocycles. The molecule has 1 fully saturated rings. The highest BCUT2D eigenvalue weighted by Gasteiger charge is 2.38. The molecular formula is C13H24N2O4. The Bertz CT molecular complexity index is 309. The molecular weight excluding hydrogens is 248 g/mol. The Balaban J connectivity index is 1.97. The molecule has 0 aromatic rings. The van der Waals surface area contributed by atoms with Gasteiger partial charge in [-0.3, -0.25) is 9.59 Å². The first-order valence-electron chi connectivity index (χ1n) is 6.76. The molecule has 6 heteroatoms. The Labute approximate surface area is 113 Å². The van der Waals surface area contributed by atoms with Gasteiger partial charge >= 0.3 is 0 Å². The average molecular weight is 272 g/mol. The van der Waals surface area contributed by atoms with Crippen LogP contribution in [0.1, 0.15) is 26.2 Å². The molecule has 1 aliphatic rings. The monoisotopic (exact) mass is 272 g/mol. The van der Waals surface area contributed by atoms with E-state index in [1.807, 2.05) is 6.92 Å². The molecule has 0 bridgehead atoms. The molecule has 0 aliphatic heterocycles. The first-order chi connectivity index (χ1) is 9.04. The summed E-state index contributed by atoms with van der Waals surface area (Å²) in [4.78, 5) is 22.9. The second kappa shape index (κ2) is 8.12. The van der Waals surface area contributed by atoms with Crippen molar-refractivity contribution in [2.75, 3.05) is 26.8 Å². The fraction of sp³-hybridized carbons (Fsp3) is 0.846. The number of ether oxygens (including phenoxy) is 1. The van der Waals surface area contributed by atoms with Gasteiger partial charge in [-0.2, -0.15) is 0 Å². The van der Waals surface area contributed by atoms with Gasteiger partial charge in [-0.05, 0) is 18.8 Å². The lowest BCUT2D eigenvalue weighted by atomic mass is 10.2. The molecule has 3 atom stereocenters. The topological polar surface area (TPSA) is 87.7 Å². The summed E-state index contributed by atoms with van der Waals surface area (Å²) >= 11 is 0. The van der Waals surface area contributed by atoms with Crippen LogP contribution in [0.15, 0.2) is 0 Å². The van der Waals surface area contributed by atoms with Crippen LogP contribution in [0.5, 0.6) is 0 Å². The minimum absolute atomic E-state index is 0.0517. The zero-order valence-corrected chi connectivity index (χ0v) is 11.6. The second-order valence-corrected chi connectivity index (χ2v) is 5.11. The lowest BCUT2D eigenvalue weighted by Gasteiger charge is -2.10. The van der Waals surface area contributed by atoms with E-state index in [4.69, 9.17) is 4.74 Å². The number of rotatable bonds is 9. The largest absolute Gasteiger partial charge is 0.391 e. The second-order valence-electron chi connectivity index (χ2n) is 5.11. The van der Waals surface area contributed by atoms with Crippen LogP contribution in [0.4, 0.5) is 0 Å². The highest BCUT2D eigenvalue weighted by Crippen LogP contribution is 2.37. The van der Waals surface area contributed by atoms with Gasteiger partial charge in [0.15, 0.2) is 0 Å². The van der Waals surface area contributed by atoms with Crippen LogP contribution in [-0.4, -0.2) is 49.8 Å². The fourth-order valence-corrected chi connectivity index (χ4v) is 1.86. The molecule has 0 heterocycles. The maximum atomic E-state index is 11.5. The number of hydrogen-bond donors (Lipinski definition) is 3. The standard InChI is InChI=1S/C13H24N2O4/c1-9-7-11(9)13(18)15-6-4-12(17)14-5-3-10(16)8-19-2/h9-11,16H,3-8H2,1-2H3,(H,14,17)(H,15,18). The summed E-state index contributed by atoms with van der Waals surface area (Å²) in [5.74, 6) is 0.563. The summed E-state index contributed by atoms with van der Waals surface area (Å²) in [7, 11) is 1.52. The maximum Gasteiger partial charge on any atom is 0.223 e. The highest BCUT2D eigenvalue weighted by atomic mass is 16.5. The number of amides is 2. The van der Waals surface area contributed by atoms with E-state index in [2.05, 4.69) is 10.6 Å². The Morgan fingerprint density at radius 3 is 2.63 bits per heavy atom. The van der Waals surface area contributed by atoms with Crippen LogP contribution in [-0.2, 0) is 14.3 Å². The highest BCUT2D eigenvalue weighted by molar-refractivity contribution is 5.82. The minimum atomic E-state index is -0.554. The van der Waals surface area contributed by atoms with Crippen LogP contribution >= 0.6 is 0 Å². The molecule has 3 unspecified atom stereocenters. The zero-order valence-electron chi connectivity index (χ0n) is 11.6. The van der Waals surface area contributed by atoms with Gasteiger partial charge in [0.2, 0.25) is 11.8 Å². The van der Waals surface area contributed by atoms with Gasteiger partial charge < -0.3 is 20.5 Å². The normalized spacial score (nSPS) is 22.7. The van der Waals surface area contributed by atoms with Crippen molar-refractivity contribution in [3.05, 3.63) is 0 Å². The summed E-state index contributed by atoms with van der Waals surface area (Å²) in [6.07, 6.45) is 1.13. The molecule has 1 saturated carbocycles. The third-order valence-corrected chi connectivity index (χ3v) is 3.26. The molecule has 1 rings (SSSR count). The molecule has 19 heavy (non-hydrogen) atoms. The van der Waals surface area contributed by atoms with E-state index >= 15 is 0 Å². The number of aliphatic hydroxyl groups excluding tert-OH is 1. The van der Waals surface area contributed by atoms with Crippen LogP contribution in [0, 0.1) is 11.8 Å². The summed E-state index contributed by atoms with van der Waals surface area (Å²) in [5.41, 5.74) is 0. The molecule has 0 radical (unpaired) electrons. The number of methoxy groups -OCH3 is 1. The Morgan fingerprint density at radius 2 is 2.05 bits per heavy atom.